The normalized spacial score (nSPS) is 17.6. The maximum absolute atomic E-state index is 12.4. The van der Waals surface area contributed by atoms with Crippen molar-refractivity contribution in [3.8, 4) is 11.5 Å². The van der Waals surface area contributed by atoms with E-state index in [0.29, 0.717) is 17.5 Å². The first-order chi connectivity index (χ1) is 13.2. The highest BCUT2D eigenvalue weighted by atomic mass is 32.1. The van der Waals surface area contributed by atoms with Gasteiger partial charge in [-0.15, -0.1) is 11.3 Å². The molecule has 0 saturated carbocycles. The molecule has 4 rings (SSSR count). The second-order valence-electron chi connectivity index (χ2n) is 6.93. The molecule has 142 valence electrons. The van der Waals surface area contributed by atoms with Crippen molar-refractivity contribution in [2.24, 2.45) is 0 Å². The van der Waals surface area contributed by atoms with E-state index in [4.69, 9.17) is 9.47 Å². The number of hydrogen-bond donors (Lipinski definition) is 0. The van der Waals surface area contributed by atoms with E-state index in [2.05, 4.69) is 16.3 Å². The van der Waals surface area contributed by atoms with E-state index in [1.807, 2.05) is 40.5 Å². The third-order valence-corrected chi connectivity index (χ3v) is 6.38. The summed E-state index contributed by atoms with van der Waals surface area (Å²) in [7, 11) is 3.22. The summed E-state index contributed by atoms with van der Waals surface area (Å²) < 4.78 is 10.5. The number of likely N-dealkylation sites (tertiary alicyclic amines) is 1. The standard InChI is InChI=1S/C21H24N2O3S/c1-25-18-5-3-15(11-19(18)26-2)4-6-21(24)23-13-17(14-23)22-9-7-20-16(12-22)8-10-27-20/h3-6,8,10-11,17H,7,9,12-14H2,1-2H3/b6-4+. The molecule has 0 unspecified atom stereocenters. The zero-order valence-corrected chi connectivity index (χ0v) is 16.5. The number of nitrogens with zero attached hydrogens (tertiary/aromatic N) is 2. The van der Waals surface area contributed by atoms with Crippen molar-refractivity contribution in [2.45, 2.75) is 19.0 Å². The Labute approximate surface area is 163 Å². The molecule has 1 fully saturated rings. The van der Waals surface area contributed by atoms with Gasteiger partial charge in [0.15, 0.2) is 11.5 Å². The number of fused-ring (bicyclic) bond motifs is 1. The molecule has 2 aliphatic heterocycles. The van der Waals surface area contributed by atoms with Crippen molar-refractivity contribution in [3.63, 3.8) is 0 Å². The minimum atomic E-state index is 0.0641. The van der Waals surface area contributed by atoms with E-state index >= 15 is 0 Å². The third kappa shape index (κ3) is 3.73. The molecule has 0 atom stereocenters. The molecule has 0 N–H and O–H groups in total. The number of rotatable bonds is 5. The fraction of sp³-hybridized carbons (Fsp3) is 0.381. The van der Waals surface area contributed by atoms with E-state index in [9.17, 15) is 4.79 Å². The van der Waals surface area contributed by atoms with Crippen molar-refractivity contribution in [1.29, 1.82) is 0 Å². The molecule has 27 heavy (non-hydrogen) atoms. The molecular weight excluding hydrogens is 360 g/mol. The molecule has 1 aromatic carbocycles. The van der Waals surface area contributed by atoms with Gasteiger partial charge in [-0.05, 0) is 47.2 Å². The summed E-state index contributed by atoms with van der Waals surface area (Å²) in [5.41, 5.74) is 2.38. The lowest BCUT2D eigenvalue weighted by Gasteiger charge is -2.46. The van der Waals surface area contributed by atoms with Crippen LogP contribution in [0.2, 0.25) is 0 Å². The van der Waals surface area contributed by atoms with Gasteiger partial charge in [-0.2, -0.15) is 0 Å². The summed E-state index contributed by atoms with van der Waals surface area (Å²) in [6.07, 6.45) is 4.61. The zero-order valence-electron chi connectivity index (χ0n) is 15.7. The van der Waals surface area contributed by atoms with Crippen LogP contribution < -0.4 is 9.47 Å². The maximum Gasteiger partial charge on any atom is 0.246 e. The Morgan fingerprint density at radius 2 is 2.00 bits per heavy atom. The zero-order chi connectivity index (χ0) is 18.8. The SMILES string of the molecule is COc1ccc(/C=C/C(=O)N2CC(N3CCc4sccc4C3)C2)cc1OC. The number of thiophene rings is 1. The highest BCUT2D eigenvalue weighted by Crippen LogP contribution is 2.29. The smallest absolute Gasteiger partial charge is 0.246 e. The Bertz CT molecular complexity index is 855. The monoisotopic (exact) mass is 384 g/mol. The van der Waals surface area contributed by atoms with Crippen LogP contribution in [0, 0.1) is 0 Å². The van der Waals surface area contributed by atoms with E-state index in [1.165, 1.54) is 10.4 Å². The largest absolute Gasteiger partial charge is 0.493 e. The van der Waals surface area contributed by atoms with Crippen LogP contribution in [0.1, 0.15) is 16.0 Å². The number of carbonyl (C=O) groups is 1. The summed E-state index contributed by atoms with van der Waals surface area (Å²) in [6, 6.07) is 8.35. The van der Waals surface area contributed by atoms with Gasteiger partial charge in [0.25, 0.3) is 0 Å². The molecule has 3 heterocycles. The predicted octanol–water partition coefficient (Wildman–Crippen LogP) is 3.05. The molecule has 1 amide bonds. The van der Waals surface area contributed by atoms with E-state index < -0.39 is 0 Å². The van der Waals surface area contributed by atoms with Crippen molar-refractivity contribution < 1.29 is 14.3 Å². The average molecular weight is 385 g/mol. The molecule has 0 spiro atoms. The Kier molecular flexibility index (Phi) is 5.18. The van der Waals surface area contributed by atoms with Crippen LogP contribution in [0.4, 0.5) is 0 Å². The molecule has 0 aliphatic carbocycles. The number of benzene rings is 1. The lowest BCUT2D eigenvalue weighted by molar-refractivity contribution is -0.133. The highest BCUT2D eigenvalue weighted by Gasteiger charge is 2.35. The van der Waals surface area contributed by atoms with Gasteiger partial charge in [-0.25, -0.2) is 0 Å². The predicted molar refractivity (Wildman–Crippen MR) is 107 cm³/mol. The summed E-state index contributed by atoms with van der Waals surface area (Å²) in [4.78, 5) is 18.4. The number of ether oxygens (including phenoxy) is 2. The summed E-state index contributed by atoms with van der Waals surface area (Å²) >= 11 is 1.86. The van der Waals surface area contributed by atoms with Gasteiger partial charge in [0.2, 0.25) is 5.91 Å². The Morgan fingerprint density at radius 3 is 2.78 bits per heavy atom. The van der Waals surface area contributed by atoms with Crippen LogP contribution in [0.5, 0.6) is 11.5 Å². The van der Waals surface area contributed by atoms with Crippen LogP contribution in [-0.4, -0.2) is 55.6 Å². The summed E-state index contributed by atoms with van der Waals surface area (Å²) in [6.45, 7) is 3.75. The molecular formula is C21H24N2O3S. The Balaban J connectivity index is 1.31. The van der Waals surface area contributed by atoms with Crippen LogP contribution >= 0.6 is 11.3 Å². The van der Waals surface area contributed by atoms with Gasteiger partial charge in [-0.3, -0.25) is 9.69 Å². The van der Waals surface area contributed by atoms with E-state index in [1.54, 1.807) is 20.3 Å². The quantitative estimate of drug-likeness (QED) is 0.743. The number of hydrogen-bond acceptors (Lipinski definition) is 5. The molecule has 0 bridgehead atoms. The van der Waals surface area contributed by atoms with Gasteiger partial charge < -0.3 is 14.4 Å². The molecule has 6 heteroatoms. The first kappa shape index (κ1) is 18.1. The van der Waals surface area contributed by atoms with Gasteiger partial charge in [-0.1, -0.05) is 6.07 Å². The van der Waals surface area contributed by atoms with Crippen LogP contribution in [0.25, 0.3) is 6.08 Å². The van der Waals surface area contributed by atoms with Gasteiger partial charge in [0, 0.05) is 43.2 Å². The van der Waals surface area contributed by atoms with Crippen LogP contribution in [-0.2, 0) is 17.8 Å². The summed E-state index contributed by atoms with van der Waals surface area (Å²) in [5, 5.41) is 2.18. The second kappa shape index (κ2) is 7.74. The highest BCUT2D eigenvalue weighted by molar-refractivity contribution is 7.10. The van der Waals surface area contributed by atoms with Crippen molar-refractivity contribution in [3.05, 3.63) is 51.7 Å². The van der Waals surface area contributed by atoms with Crippen molar-refractivity contribution in [1.82, 2.24) is 9.80 Å². The van der Waals surface area contributed by atoms with Crippen molar-refractivity contribution in [2.75, 3.05) is 33.9 Å². The van der Waals surface area contributed by atoms with Crippen molar-refractivity contribution >= 4 is 23.3 Å². The Hall–Kier alpha value is -2.31. The van der Waals surface area contributed by atoms with E-state index in [-0.39, 0.29) is 5.91 Å². The van der Waals surface area contributed by atoms with Gasteiger partial charge in [0.1, 0.15) is 0 Å². The fourth-order valence-electron chi connectivity index (χ4n) is 3.68. The minimum Gasteiger partial charge on any atom is -0.493 e. The topological polar surface area (TPSA) is 42.0 Å². The van der Waals surface area contributed by atoms with Gasteiger partial charge >= 0.3 is 0 Å². The van der Waals surface area contributed by atoms with Crippen LogP contribution in [0.3, 0.4) is 0 Å². The first-order valence-corrected chi connectivity index (χ1v) is 10.0. The lowest BCUT2D eigenvalue weighted by Crippen LogP contribution is -2.61. The number of carbonyl (C=O) groups excluding carboxylic acids is 1. The fourth-order valence-corrected chi connectivity index (χ4v) is 4.57. The van der Waals surface area contributed by atoms with E-state index in [0.717, 1.165) is 38.2 Å². The molecule has 1 aromatic heterocycles. The molecule has 0 radical (unpaired) electrons. The average Bonchev–Trinajstić information content (AvgIpc) is 3.12. The minimum absolute atomic E-state index is 0.0641. The number of methoxy groups -OCH3 is 2. The molecule has 2 aromatic rings. The Morgan fingerprint density at radius 1 is 1.19 bits per heavy atom. The van der Waals surface area contributed by atoms with Crippen LogP contribution in [0.15, 0.2) is 35.7 Å². The maximum atomic E-state index is 12.4. The lowest BCUT2D eigenvalue weighted by atomic mass is 10.0. The summed E-state index contributed by atoms with van der Waals surface area (Å²) in [5.74, 6) is 1.41. The molecule has 5 nitrogen and oxygen atoms in total. The first-order valence-electron chi connectivity index (χ1n) is 9.16. The molecule has 1 saturated heterocycles. The number of amides is 1. The van der Waals surface area contributed by atoms with Gasteiger partial charge in [0.05, 0.1) is 14.2 Å². The second-order valence-corrected chi connectivity index (χ2v) is 7.93. The molecule has 2 aliphatic rings. The third-order valence-electron chi connectivity index (χ3n) is 5.35.